The van der Waals surface area contributed by atoms with Gasteiger partial charge in [-0.3, -0.25) is 0 Å². The molecule has 1 unspecified atom stereocenters. The van der Waals surface area contributed by atoms with Gasteiger partial charge < -0.3 is 8.85 Å². The van der Waals surface area contributed by atoms with E-state index in [1.165, 1.54) is 9.13 Å². The van der Waals surface area contributed by atoms with Crippen LogP contribution in [0.4, 0.5) is 0 Å². The average Bonchev–Trinajstić information content (AvgIpc) is 2.29. The minimum atomic E-state index is -1.09. The third kappa shape index (κ3) is 4.16. The van der Waals surface area contributed by atoms with Crippen molar-refractivity contribution < 1.29 is 8.85 Å². The molecule has 0 aromatic heterocycles. The van der Waals surface area contributed by atoms with Gasteiger partial charge >= 0.3 is 9.28 Å². The van der Waals surface area contributed by atoms with Crippen LogP contribution in [0, 0.1) is 3.57 Å². The lowest BCUT2D eigenvalue weighted by molar-refractivity contribution is 0.265. The van der Waals surface area contributed by atoms with Gasteiger partial charge in [0.1, 0.15) is 0 Å². The predicted octanol–water partition coefficient (Wildman–Crippen LogP) is 3.39. The van der Waals surface area contributed by atoms with Gasteiger partial charge in [-0.1, -0.05) is 25.1 Å². The number of halogens is 1. The summed E-state index contributed by atoms with van der Waals surface area (Å²) in [6.07, 6.45) is 2.22. The van der Waals surface area contributed by atoms with E-state index in [1.54, 1.807) is 14.2 Å². The second kappa shape index (κ2) is 7.42. The van der Waals surface area contributed by atoms with Crippen LogP contribution in [0.1, 0.15) is 18.9 Å². The maximum atomic E-state index is 5.36. The fourth-order valence-corrected chi connectivity index (χ4v) is 3.69. The van der Waals surface area contributed by atoms with Crippen LogP contribution in [0.25, 0.3) is 0 Å². The molecule has 0 amide bonds. The Morgan fingerprint density at radius 1 is 1.25 bits per heavy atom. The van der Waals surface area contributed by atoms with Crippen LogP contribution in [0.15, 0.2) is 24.3 Å². The van der Waals surface area contributed by atoms with Crippen molar-refractivity contribution in [2.45, 2.75) is 25.3 Å². The SMILES string of the molecule is CO[Si](OC)C(C)CCc1ccccc1I. The number of benzene rings is 1. The molecule has 4 heteroatoms. The molecule has 0 bridgehead atoms. The van der Waals surface area contributed by atoms with Gasteiger partial charge in [0.25, 0.3) is 0 Å². The summed E-state index contributed by atoms with van der Waals surface area (Å²) in [5.41, 5.74) is 1.93. The smallest absolute Gasteiger partial charge is 0.387 e. The van der Waals surface area contributed by atoms with Crippen molar-refractivity contribution >= 4 is 31.9 Å². The summed E-state index contributed by atoms with van der Waals surface area (Å²) in [5, 5.41) is 0. The normalized spacial score (nSPS) is 13.1. The number of aryl methyl sites for hydroxylation is 1. The monoisotopic (exact) mass is 349 g/mol. The summed E-state index contributed by atoms with van der Waals surface area (Å²) in [5.74, 6) is 0. The molecule has 0 saturated carbocycles. The zero-order chi connectivity index (χ0) is 12.0. The predicted molar refractivity (Wildman–Crippen MR) is 76.7 cm³/mol. The number of rotatable bonds is 6. The first-order valence-corrected chi connectivity index (χ1v) is 7.84. The molecule has 1 rings (SSSR count). The highest BCUT2D eigenvalue weighted by molar-refractivity contribution is 14.1. The van der Waals surface area contributed by atoms with Gasteiger partial charge in [0.2, 0.25) is 0 Å². The van der Waals surface area contributed by atoms with Crippen LogP contribution in [-0.4, -0.2) is 23.5 Å². The minimum Gasteiger partial charge on any atom is -0.397 e. The standard InChI is InChI=1S/C12H18IO2Si/c1-10(16(14-2)15-3)8-9-11-6-4-5-7-12(11)13/h4-7,10H,8-9H2,1-3H3. The fourth-order valence-electron chi connectivity index (χ4n) is 1.68. The van der Waals surface area contributed by atoms with E-state index in [-0.39, 0.29) is 0 Å². The Morgan fingerprint density at radius 3 is 2.44 bits per heavy atom. The Kier molecular flexibility index (Phi) is 6.56. The molecule has 1 aromatic carbocycles. The molecule has 89 valence electrons. The Balaban J connectivity index is 2.48. The second-order valence-electron chi connectivity index (χ2n) is 3.76. The molecule has 0 fully saturated rings. The first-order chi connectivity index (χ1) is 7.69. The van der Waals surface area contributed by atoms with Crippen LogP contribution in [0.3, 0.4) is 0 Å². The molecule has 0 aliphatic rings. The van der Waals surface area contributed by atoms with Gasteiger partial charge in [0.15, 0.2) is 0 Å². The van der Waals surface area contributed by atoms with E-state index in [0.29, 0.717) is 5.54 Å². The lowest BCUT2D eigenvalue weighted by Crippen LogP contribution is -2.24. The summed E-state index contributed by atoms with van der Waals surface area (Å²) >= 11 is 2.39. The minimum absolute atomic E-state index is 0.510. The molecule has 0 saturated heterocycles. The molecular weight excluding hydrogens is 331 g/mol. The highest BCUT2D eigenvalue weighted by Crippen LogP contribution is 2.21. The quantitative estimate of drug-likeness (QED) is 0.579. The first-order valence-electron chi connectivity index (χ1n) is 5.37. The molecular formula is C12H18IO2Si. The Morgan fingerprint density at radius 2 is 1.88 bits per heavy atom. The van der Waals surface area contributed by atoms with E-state index >= 15 is 0 Å². The molecule has 1 radical (unpaired) electrons. The van der Waals surface area contributed by atoms with Crippen LogP contribution in [0.2, 0.25) is 5.54 Å². The maximum absolute atomic E-state index is 5.36. The van der Waals surface area contributed by atoms with Gasteiger partial charge in [-0.05, 0) is 47.1 Å². The van der Waals surface area contributed by atoms with Gasteiger partial charge in [0, 0.05) is 23.3 Å². The Hall–Kier alpha value is 0.0869. The van der Waals surface area contributed by atoms with Crippen molar-refractivity contribution in [1.29, 1.82) is 0 Å². The number of hydrogen-bond acceptors (Lipinski definition) is 2. The van der Waals surface area contributed by atoms with E-state index < -0.39 is 9.28 Å². The third-order valence-electron chi connectivity index (χ3n) is 2.61. The second-order valence-corrected chi connectivity index (χ2v) is 7.36. The van der Waals surface area contributed by atoms with Crippen LogP contribution in [-0.2, 0) is 15.3 Å². The first kappa shape index (κ1) is 14.1. The van der Waals surface area contributed by atoms with Gasteiger partial charge in [-0.2, -0.15) is 0 Å². The zero-order valence-corrected chi connectivity index (χ0v) is 13.2. The van der Waals surface area contributed by atoms with Crippen molar-refractivity contribution in [2.75, 3.05) is 14.2 Å². The van der Waals surface area contributed by atoms with Gasteiger partial charge in [0.05, 0.1) is 0 Å². The Bertz CT molecular complexity index is 316. The highest BCUT2D eigenvalue weighted by Gasteiger charge is 2.21. The molecule has 0 aliphatic carbocycles. The van der Waals surface area contributed by atoms with Crippen molar-refractivity contribution in [1.82, 2.24) is 0 Å². The van der Waals surface area contributed by atoms with Crippen LogP contribution >= 0.6 is 22.6 Å². The summed E-state index contributed by atoms with van der Waals surface area (Å²) in [6.45, 7) is 2.21. The van der Waals surface area contributed by atoms with Crippen molar-refractivity contribution in [2.24, 2.45) is 0 Å². The summed E-state index contributed by atoms with van der Waals surface area (Å²) < 4.78 is 12.1. The van der Waals surface area contributed by atoms with Crippen LogP contribution in [0.5, 0.6) is 0 Å². The molecule has 16 heavy (non-hydrogen) atoms. The zero-order valence-electron chi connectivity index (χ0n) is 10.00. The van der Waals surface area contributed by atoms with E-state index in [9.17, 15) is 0 Å². The van der Waals surface area contributed by atoms with Crippen molar-refractivity contribution in [3.05, 3.63) is 33.4 Å². The van der Waals surface area contributed by atoms with Gasteiger partial charge in [-0.15, -0.1) is 0 Å². The fraction of sp³-hybridized carbons (Fsp3) is 0.500. The van der Waals surface area contributed by atoms with E-state index in [0.717, 1.165) is 12.8 Å². The average molecular weight is 349 g/mol. The number of hydrogen-bond donors (Lipinski definition) is 0. The third-order valence-corrected chi connectivity index (χ3v) is 5.56. The Labute approximate surface area is 113 Å². The maximum Gasteiger partial charge on any atom is 0.387 e. The molecule has 0 N–H and O–H groups in total. The van der Waals surface area contributed by atoms with E-state index in [2.05, 4.69) is 53.8 Å². The van der Waals surface area contributed by atoms with Crippen LogP contribution < -0.4 is 0 Å². The van der Waals surface area contributed by atoms with E-state index in [4.69, 9.17) is 8.85 Å². The lowest BCUT2D eigenvalue weighted by Gasteiger charge is -2.17. The molecule has 0 spiro atoms. The highest BCUT2D eigenvalue weighted by atomic mass is 127. The molecule has 0 heterocycles. The molecule has 0 aliphatic heterocycles. The van der Waals surface area contributed by atoms with Crippen molar-refractivity contribution in [3.8, 4) is 0 Å². The lowest BCUT2D eigenvalue weighted by atomic mass is 10.1. The van der Waals surface area contributed by atoms with E-state index in [1.807, 2.05) is 0 Å². The molecule has 1 aromatic rings. The summed E-state index contributed by atoms with van der Waals surface area (Å²) in [7, 11) is 2.39. The summed E-state index contributed by atoms with van der Waals surface area (Å²) in [4.78, 5) is 0. The topological polar surface area (TPSA) is 18.5 Å². The van der Waals surface area contributed by atoms with Crippen molar-refractivity contribution in [3.63, 3.8) is 0 Å². The van der Waals surface area contributed by atoms with Gasteiger partial charge in [-0.25, -0.2) is 0 Å². The largest absolute Gasteiger partial charge is 0.397 e. The molecule has 1 atom stereocenters. The summed E-state index contributed by atoms with van der Waals surface area (Å²) in [6, 6.07) is 8.52. The molecule has 2 nitrogen and oxygen atoms in total.